The highest BCUT2D eigenvalue weighted by molar-refractivity contribution is 6.30. The molecule has 2 aromatic heterocycles. The lowest BCUT2D eigenvalue weighted by atomic mass is 10.4. The molecule has 0 aliphatic carbocycles. The number of likely N-dealkylation sites (tertiary alicyclic amines) is 1. The molecule has 0 unspecified atom stereocenters. The van der Waals surface area contributed by atoms with E-state index in [4.69, 9.17) is 11.6 Å². The molecule has 106 valence electrons. The van der Waals surface area contributed by atoms with Crippen LogP contribution in [-0.4, -0.2) is 39.8 Å². The van der Waals surface area contributed by atoms with Gasteiger partial charge in [-0.05, 0) is 25.0 Å². The molecule has 1 amide bonds. The topological polar surface area (TPSA) is 49.6 Å². The van der Waals surface area contributed by atoms with Crippen LogP contribution in [0.15, 0.2) is 24.5 Å². The van der Waals surface area contributed by atoms with Crippen molar-refractivity contribution in [3.05, 3.63) is 35.2 Å². The summed E-state index contributed by atoms with van der Waals surface area (Å²) < 4.78 is 1.89. The number of fused-ring (bicyclic) bond motifs is 1. The molecule has 0 atom stereocenters. The molecule has 0 radical (unpaired) electrons. The summed E-state index contributed by atoms with van der Waals surface area (Å²) in [6.07, 6.45) is 6.00. The monoisotopic (exact) mass is 292 g/mol. The first-order chi connectivity index (χ1) is 9.72. The molecule has 20 heavy (non-hydrogen) atoms. The van der Waals surface area contributed by atoms with E-state index < -0.39 is 0 Å². The Morgan fingerprint density at radius 2 is 2.10 bits per heavy atom. The fourth-order valence-electron chi connectivity index (χ4n) is 2.48. The number of imidazole rings is 1. The van der Waals surface area contributed by atoms with E-state index in [9.17, 15) is 4.79 Å². The summed E-state index contributed by atoms with van der Waals surface area (Å²) in [6, 6.07) is 3.69. The van der Waals surface area contributed by atoms with Gasteiger partial charge in [-0.25, -0.2) is 4.98 Å². The van der Waals surface area contributed by atoms with Crippen LogP contribution in [-0.2, 0) is 11.3 Å². The summed E-state index contributed by atoms with van der Waals surface area (Å²) in [7, 11) is 0. The first-order valence-corrected chi connectivity index (χ1v) is 7.22. The number of hydrogen-bond donors (Lipinski definition) is 1. The highest BCUT2D eigenvalue weighted by Crippen LogP contribution is 2.11. The molecule has 6 heteroatoms. The lowest BCUT2D eigenvalue weighted by Crippen LogP contribution is -2.36. The second kappa shape index (κ2) is 5.81. The largest absolute Gasteiger partial charge is 0.342 e. The van der Waals surface area contributed by atoms with Gasteiger partial charge in [0.2, 0.25) is 5.91 Å². The van der Waals surface area contributed by atoms with Gasteiger partial charge in [0.05, 0.1) is 17.3 Å². The molecule has 1 saturated heterocycles. The molecule has 1 aliphatic rings. The van der Waals surface area contributed by atoms with Crippen LogP contribution >= 0.6 is 11.6 Å². The van der Waals surface area contributed by atoms with Gasteiger partial charge in [0.15, 0.2) is 0 Å². The summed E-state index contributed by atoms with van der Waals surface area (Å²) in [5.41, 5.74) is 1.76. The van der Waals surface area contributed by atoms with E-state index in [0.717, 1.165) is 37.3 Å². The maximum absolute atomic E-state index is 11.9. The molecule has 0 bridgehead atoms. The van der Waals surface area contributed by atoms with Crippen LogP contribution in [0.1, 0.15) is 18.5 Å². The van der Waals surface area contributed by atoms with Gasteiger partial charge < -0.3 is 14.6 Å². The van der Waals surface area contributed by atoms with Crippen LogP contribution in [0.25, 0.3) is 5.65 Å². The Bertz CT molecular complexity index is 619. The predicted octanol–water partition coefficient (Wildman–Crippen LogP) is 1.70. The number of hydrogen-bond acceptors (Lipinski definition) is 3. The van der Waals surface area contributed by atoms with Gasteiger partial charge in [0.25, 0.3) is 0 Å². The zero-order chi connectivity index (χ0) is 13.9. The molecule has 5 nitrogen and oxygen atoms in total. The zero-order valence-corrected chi connectivity index (χ0v) is 11.9. The van der Waals surface area contributed by atoms with Crippen LogP contribution in [0.4, 0.5) is 0 Å². The summed E-state index contributed by atoms with van der Waals surface area (Å²) in [5.74, 6) is 0.175. The number of halogens is 1. The number of carbonyl (C=O) groups is 1. The van der Waals surface area contributed by atoms with Crippen molar-refractivity contribution in [2.24, 2.45) is 0 Å². The quantitative estimate of drug-likeness (QED) is 0.933. The van der Waals surface area contributed by atoms with Gasteiger partial charge >= 0.3 is 0 Å². The maximum Gasteiger partial charge on any atom is 0.236 e. The average molecular weight is 293 g/mol. The fourth-order valence-corrected chi connectivity index (χ4v) is 2.65. The number of aromatic nitrogens is 2. The lowest BCUT2D eigenvalue weighted by molar-refractivity contribution is -0.129. The minimum atomic E-state index is 0.175. The number of rotatable bonds is 4. The number of carbonyl (C=O) groups excluding carboxylic acids is 1. The zero-order valence-electron chi connectivity index (χ0n) is 11.2. The highest BCUT2D eigenvalue weighted by atomic mass is 35.5. The minimum absolute atomic E-state index is 0.175. The van der Waals surface area contributed by atoms with Crippen molar-refractivity contribution in [1.82, 2.24) is 19.6 Å². The first-order valence-electron chi connectivity index (χ1n) is 6.84. The Kier molecular flexibility index (Phi) is 3.89. The van der Waals surface area contributed by atoms with Crippen molar-refractivity contribution in [3.63, 3.8) is 0 Å². The molecule has 3 heterocycles. The Morgan fingerprint density at radius 3 is 2.90 bits per heavy atom. The molecule has 0 saturated carbocycles. The molecule has 0 spiro atoms. The molecule has 3 rings (SSSR count). The highest BCUT2D eigenvalue weighted by Gasteiger charge is 2.17. The van der Waals surface area contributed by atoms with Gasteiger partial charge in [0.1, 0.15) is 5.65 Å². The molecule has 1 fully saturated rings. The molecule has 1 aliphatic heterocycles. The standard InChI is InChI=1S/C14H17ClN4O/c15-11-3-4-13-17-12(10-19(13)9-11)7-16-8-14(20)18-5-1-2-6-18/h3-4,9-10,16H,1-2,5-8H2. The number of nitrogens with one attached hydrogen (secondary N) is 1. The van der Waals surface area contributed by atoms with E-state index in [1.807, 2.05) is 33.8 Å². The SMILES string of the molecule is O=C(CNCc1cn2cc(Cl)ccc2n1)N1CCCC1. The third-order valence-electron chi connectivity index (χ3n) is 3.51. The van der Waals surface area contributed by atoms with Gasteiger partial charge in [-0.1, -0.05) is 11.6 Å². The van der Waals surface area contributed by atoms with Crippen LogP contribution in [0.3, 0.4) is 0 Å². The molecular formula is C14H17ClN4O. The minimum Gasteiger partial charge on any atom is -0.342 e. The van der Waals surface area contributed by atoms with Crippen molar-refractivity contribution < 1.29 is 4.79 Å². The van der Waals surface area contributed by atoms with Crippen molar-refractivity contribution >= 4 is 23.2 Å². The molecular weight excluding hydrogens is 276 g/mol. The van der Waals surface area contributed by atoms with Crippen molar-refractivity contribution in [3.8, 4) is 0 Å². The average Bonchev–Trinajstić information content (AvgIpc) is 3.06. The lowest BCUT2D eigenvalue weighted by Gasteiger charge is -2.15. The predicted molar refractivity (Wildman–Crippen MR) is 77.7 cm³/mol. The van der Waals surface area contributed by atoms with Crippen LogP contribution < -0.4 is 5.32 Å². The van der Waals surface area contributed by atoms with Crippen molar-refractivity contribution in [1.29, 1.82) is 0 Å². The summed E-state index contributed by atoms with van der Waals surface area (Å²) in [5, 5.41) is 3.83. The Balaban J connectivity index is 1.55. The third kappa shape index (κ3) is 2.94. The second-order valence-electron chi connectivity index (χ2n) is 5.04. The van der Waals surface area contributed by atoms with E-state index in [1.54, 1.807) is 0 Å². The smallest absolute Gasteiger partial charge is 0.236 e. The van der Waals surface area contributed by atoms with E-state index >= 15 is 0 Å². The van der Waals surface area contributed by atoms with Gasteiger partial charge in [0, 0.05) is 32.0 Å². The van der Waals surface area contributed by atoms with E-state index in [0.29, 0.717) is 18.1 Å². The van der Waals surface area contributed by atoms with Crippen LogP contribution in [0.5, 0.6) is 0 Å². The van der Waals surface area contributed by atoms with Gasteiger partial charge in [-0.2, -0.15) is 0 Å². The summed E-state index contributed by atoms with van der Waals surface area (Å²) in [6.45, 7) is 2.74. The molecule has 2 aromatic rings. The number of amides is 1. The van der Waals surface area contributed by atoms with Gasteiger partial charge in [-0.3, -0.25) is 4.79 Å². The van der Waals surface area contributed by atoms with Crippen molar-refractivity contribution in [2.45, 2.75) is 19.4 Å². The van der Waals surface area contributed by atoms with Crippen molar-refractivity contribution in [2.75, 3.05) is 19.6 Å². The Labute approximate surface area is 122 Å². The number of pyridine rings is 1. The number of nitrogens with zero attached hydrogens (tertiary/aromatic N) is 3. The van der Waals surface area contributed by atoms with Gasteiger partial charge in [-0.15, -0.1) is 0 Å². The molecule has 0 aromatic carbocycles. The van der Waals surface area contributed by atoms with Crippen LogP contribution in [0, 0.1) is 0 Å². The Hall–Kier alpha value is -1.59. The fraction of sp³-hybridized carbons (Fsp3) is 0.429. The summed E-state index contributed by atoms with van der Waals surface area (Å²) in [4.78, 5) is 18.3. The summed E-state index contributed by atoms with van der Waals surface area (Å²) >= 11 is 5.93. The normalized spacial score (nSPS) is 15.2. The molecule has 1 N–H and O–H groups in total. The van der Waals surface area contributed by atoms with Crippen LogP contribution in [0.2, 0.25) is 5.02 Å². The van der Waals surface area contributed by atoms with E-state index in [-0.39, 0.29) is 5.91 Å². The van der Waals surface area contributed by atoms with E-state index in [1.165, 1.54) is 0 Å². The third-order valence-corrected chi connectivity index (χ3v) is 3.73. The first kappa shape index (κ1) is 13.4. The Morgan fingerprint density at radius 1 is 1.30 bits per heavy atom. The maximum atomic E-state index is 11.9. The van der Waals surface area contributed by atoms with E-state index in [2.05, 4.69) is 10.3 Å². The second-order valence-corrected chi connectivity index (χ2v) is 5.47.